The van der Waals surface area contributed by atoms with E-state index in [1.165, 1.54) is 5.56 Å². The van der Waals surface area contributed by atoms with Crippen molar-refractivity contribution in [1.82, 2.24) is 5.32 Å². The van der Waals surface area contributed by atoms with Crippen LogP contribution in [0, 0.1) is 5.92 Å². The predicted molar refractivity (Wildman–Crippen MR) is 77.8 cm³/mol. The lowest BCUT2D eigenvalue weighted by Crippen LogP contribution is -2.19. The van der Waals surface area contributed by atoms with Crippen LogP contribution < -0.4 is 10.1 Å². The van der Waals surface area contributed by atoms with Crippen molar-refractivity contribution >= 4 is 15.9 Å². The van der Waals surface area contributed by atoms with Gasteiger partial charge < -0.3 is 14.8 Å². The van der Waals surface area contributed by atoms with Crippen molar-refractivity contribution in [2.45, 2.75) is 27.3 Å². The van der Waals surface area contributed by atoms with E-state index in [-0.39, 0.29) is 0 Å². The Hall–Kier alpha value is -0.580. The number of halogens is 1. The molecule has 0 unspecified atom stereocenters. The fourth-order valence-electron chi connectivity index (χ4n) is 1.46. The third-order valence-electron chi connectivity index (χ3n) is 2.40. The number of nitrogens with one attached hydrogen (secondary N) is 1. The van der Waals surface area contributed by atoms with Crippen LogP contribution in [0.3, 0.4) is 0 Å². The highest BCUT2D eigenvalue weighted by molar-refractivity contribution is 9.10. The molecule has 0 fully saturated rings. The van der Waals surface area contributed by atoms with Crippen LogP contribution in [0.25, 0.3) is 0 Å². The Bertz CT molecular complexity index is 356. The summed E-state index contributed by atoms with van der Waals surface area (Å²) in [5.41, 5.74) is 1.20. The predicted octanol–water partition coefficient (Wildman–Crippen LogP) is 3.57. The minimum Gasteiger partial charge on any atom is -0.468 e. The molecule has 0 bridgehead atoms. The summed E-state index contributed by atoms with van der Waals surface area (Å²) in [5, 5.41) is 3.42. The minimum atomic E-state index is 0.303. The molecule has 0 aromatic heterocycles. The Balaban J connectivity index is 2.52. The zero-order chi connectivity index (χ0) is 13.4. The van der Waals surface area contributed by atoms with Crippen LogP contribution in [0.15, 0.2) is 22.7 Å². The van der Waals surface area contributed by atoms with E-state index in [0.29, 0.717) is 19.3 Å². The fourth-order valence-corrected chi connectivity index (χ4v) is 1.85. The molecule has 102 valence electrons. The van der Waals surface area contributed by atoms with Crippen molar-refractivity contribution in [1.29, 1.82) is 0 Å². The van der Waals surface area contributed by atoms with E-state index in [2.05, 4.69) is 35.1 Å². The molecule has 18 heavy (non-hydrogen) atoms. The summed E-state index contributed by atoms with van der Waals surface area (Å²) in [4.78, 5) is 0. The van der Waals surface area contributed by atoms with Crippen LogP contribution in [-0.4, -0.2) is 19.9 Å². The summed E-state index contributed by atoms with van der Waals surface area (Å²) in [6, 6.07) is 5.99. The van der Waals surface area contributed by atoms with Gasteiger partial charge in [-0.1, -0.05) is 29.8 Å². The van der Waals surface area contributed by atoms with E-state index in [1.807, 2.05) is 25.1 Å². The van der Waals surface area contributed by atoms with Gasteiger partial charge in [-0.25, -0.2) is 0 Å². The van der Waals surface area contributed by atoms with Gasteiger partial charge in [0.05, 0.1) is 0 Å². The van der Waals surface area contributed by atoms with Crippen LogP contribution in [0.2, 0.25) is 0 Å². The Kier molecular flexibility index (Phi) is 7.32. The molecule has 0 aliphatic heterocycles. The molecule has 0 aliphatic rings. The molecule has 0 heterocycles. The molecular formula is C14H22BrNO2. The molecule has 1 aromatic rings. The van der Waals surface area contributed by atoms with Gasteiger partial charge in [0.1, 0.15) is 5.75 Å². The summed E-state index contributed by atoms with van der Waals surface area (Å²) in [6.07, 6.45) is 0. The first-order valence-corrected chi connectivity index (χ1v) is 7.12. The Labute approximate surface area is 118 Å². The maximum absolute atomic E-state index is 5.50. The first-order valence-electron chi connectivity index (χ1n) is 6.33. The Morgan fingerprint density at radius 1 is 1.33 bits per heavy atom. The highest BCUT2D eigenvalue weighted by Crippen LogP contribution is 2.22. The minimum absolute atomic E-state index is 0.303. The summed E-state index contributed by atoms with van der Waals surface area (Å²) in [7, 11) is 0. The monoisotopic (exact) mass is 315 g/mol. The van der Waals surface area contributed by atoms with Crippen LogP contribution in [-0.2, 0) is 11.3 Å². The Morgan fingerprint density at radius 2 is 2.11 bits per heavy atom. The highest BCUT2D eigenvalue weighted by atomic mass is 79.9. The van der Waals surface area contributed by atoms with E-state index in [4.69, 9.17) is 9.47 Å². The molecule has 1 aromatic carbocycles. The number of hydrogen-bond acceptors (Lipinski definition) is 3. The highest BCUT2D eigenvalue weighted by Gasteiger charge is 2.03. The van der Waals surface area contributed by atoms with Crippen molar-refractivity contribution in [3.63, 3.8) is 0 Å². The maximum Gasteiger partial charge on any atom is 0.189 e. The first-order chi connectivity index (χ1) is 8.63. The molecule has 0 saturated carbocycles. The molecule has 4 heteroatoms. The second-order valence-electron chi connectivity index (χ2n) is 4.53. The summed E-state index contributed by atoms with van der Waals surface area (Å²) >= 11 is 3.55. The van der Waals surface area contributed by atoms with E-state index in [0.717, 1.165) is 23.3 Å². The van der Waals surface area contributed by atoms with Crippen LogP contribution in [0.1, 0.15) is 26.3 Å². The van der Waals surface area contributed by atoms with Gasteiger partial charge in [-0.3, -0.25) is 0 Å². The van der Waals surface area contributed by atoms with Gasteiger partial charge in [0.25, 0.3) is 0 Å². The summed E-state index contributed by atoms with van der Waals surface area (Å²) in [5.74, 6) is 1.49. The SMILES string of the molecule is CCOCOc1ccc(Br)c(CNCC(C)C)c1. The lowest BCUT2D eigenvalue weighted by molar-refractivity contribution is 0.0223. The van der Waals surface area contributed by atoms with E-state index < -0.39 is 0 Å². The van der Waals surface area contributed by atoms with Crippen molar-refractivity contribution in [3.05, 3.63) is 28.2 Å². The fraction of sp³-hybridized carbons (Fsp3) is 0.571. The maximum atomic E-state index is 5.50. The number of hydrogen-bond donors (Lipinski definition) is 1. The van der Waals surface area contributed by atoms with Gasteiger partial charge in [-0.05, 0) is 43.1 Å². The number of rotatable bonds is 8. The average Bonchev–Trinajstić information content (AvgIpc) is 2.33. The molecule has 1 rings (SSSR count). The van der Waals surface area contributed by atoms with Crippen molar-refractivity contribution in [2.75, 3.05) is 19.9 Å². The van der Waals surface area contributed by atoms with Gasteiger partial charge in [-0.2, -0.15) is 0 Å². The van der Waals surface area contributed by atoms with Crippen molar-refractivity contribution < 1.29 is 9.47 Å². The molecule has 0 radical (unpaired) electrons. The topological polar surface area (TPSA) is 30.5 Å². The molecule has 0 amide bonds. The average molecular weight is 316 g/mol. The van der Waals surface area contributed by atoms with Crippen LogP contribution in [0.5, 0.6) is 5.75 Å². The zero-order valence-electron chi connectivity index (χ0n) is 11.3. The molecule has 0 aliphatic carbocycles. The van der Waals surface area contributed by atoms with Gasteiger partial charge in [0.2, 0.25) is 0 Å². The van der Waals surface area contributed by atoms with Crippen molar-refractivity contribution in [2.24, 2.45) is 5.92 Å². The lowest BCUT2D eigenvalue weighted by atomic mass is 10.2. The molecule has 0 saturated heterocycles. The lowest BCUT2D eigenvalue weighted by Gasteiger charge is -2.11. The van der Waals surface area contributed by atoms with Gasteiger partial charge in [-0.15, -0.1) is 0 Å². The van der Waals surface area contributed by atoms with Crippen molar-refractivity contribution in [3.8, 4) is 5.75 Å². The second-order valence-corrected chi connectivity index (χ2v) is 5.39. The number of ether oxygens (including phenoxy) is 2. The third-order valence-corrected chi connectivity index (χ3v) is 3.17. The smallest absolute Gasteiger partial charge is 0.189 e. The van der Waals surface area contributed by atoms with Gasteiger partial charge in [0, 0.05) is 17.6 Å². The number of benzene rings is 1. The van der Waals surface area contributed by atoms with E-state index in [9.17, 15) is 0 Å². The standard InChI is InChI=1S/C14H22BrNO2/c1-4-17-10-18-13-5-6-14(15)12(7-13)9-16-8-11(2)3/h5-7,11,16H,4,8-10H2,1-3H3. The molecule has 0 atom stereocenters. The normalized spacial score (nSPS) is 10.9. The van der Waals surface area contributed by atoms with Gasteiger partial charge in [0.15, 0.2) is 6.79 Å². The molecule has 1 N–H and O–H groups in total. The van der Waals surface area contributed by atoms with E-state index in [1.54, 1.807) is 0 Å². The second kappa shape index (κ2) is 8.51. The molecule has 3 nitrogen and oxygen atoms in total. The molecular weight excluding hydrogens is 294 g/mol. The quantitative estimate of drug-likeness (QED) is 0.587. The Morgan fingerprint density at radius 3 is 2.78 bits per heavy atom. The third kappa shape index (κ3) is 5.85. The largest absolute Gasteiger partial charge is 0.468 e. The molecule has 0 spiro atoms. The first kappa shape index (κ1) is 15.5. The van der Waals surface area contributed by atoms with Crippen LogP contribution in [0.4, 0.5) is 0 Å². The van der Waals surface area contributed by atoms with Gasteiger partial charge >= 0.3 is 0 Å². The summed E-state index contributed by atoms with van der Waals surface area (Å²) < 4.78 is 11.8. The zero-order valence-corrected chi connectivity index (χ0v) is 12.9. The van der Waals surface area contributed by atoms with Crippen LogP contribution >= 0.6 is 15.9 Å². The van der Waals surface area contributed by atoms with E-state index >= 15 is 0 Å². The summed E-state index contributed by atoms with van der Waals surface area (Å²) in [6.45, 7) is 9.16.